The zero-order valence-corrected chi connectivity index (χ0v) is 10.8. The zero-order chi connectivity index (χ0) is 14.1. The highest BCUT2D eigenvalue weighted by Gasteiger charge is 2.15. The van der Waals surface area contributed by atoms with E-state index in [1.165, 1.54) is 29.5 Å². The molecule has 0 amide bonds. The van der Waals surface area contributed by atoms with Crippen molar-refractivity contribution in [2.24, 2.45) is 0 Å². The number of H-pyrrole nitrogens is 1. The van der Waals surface area contributed by atoms with Gasteiger partial charge in [-0.05, 0) is 17.7 Å². The first-order chi connectivity index (χ1) is 9.65. The van der Waals surface area contributed by atoms with E-state index >= 15 is 0 Å². The Balaban J connectivity index is 2.17. The normalized spacial score (nSPS) is 10.7. The predicted octanol–water partition coefficient (Wildman–Crippen LogP) is 2.41. The zero-order valence-electron chi connectivity index (χ0n) is 10.0. The Labute approximate surface area is 116 Å². The molecule has 0 bridgehead atoms. The molecule has 2 heterocycles. The second kappa shape index (κ2) is 4.86. The van der Waals surface area contributed by atoms with Crippen LogP contribution >= 0.6 is 11.3 Å². The summed E-state index contributed by atoms with van der Waals surface area (Å²) < 4.78 is 13.2. The molecule has 0 spiro atoms. The van der Waals surface area contributed by atoms with Crippen molar-refractivity contribution >= 4 is 11.3 Å². The third-order valence-electron chi connectivity index (χ3n) is 2.65. The van der Waals surface area contributed by atoms with Gasteiger partial charge in [-0.25, -0.2) is 9.37 Å². The fourth-order valence-electron chi connectivity index (χ4n) is 1.81. The maximum absolute atomic E-state index is 13.2. The number of halogens is 1. The molecule has 20 heavy (non-hydrogen) atoms. The molecule has 3 aromatic rings. The second-order valence-corrected chi connectivity index (χ2v) is 4.86. The summed E-state index contributed by atoms with van der Waals surface area (Å²) in [5.74, 6) is -0.766. The molecule has 0 aliphatic rings. The molecule has 0 saturated carbocycles. The van der Waals surface area contributed by atoms with Crippen LogP contribution in [0.15, 0.2) is 40.6 Å². The first-order valence-electron chi connectivity index (χ1n) is 5.64. The SMILES string of the molecule is O=c1[nH]c(-c2nccs2)nc(O)c1-c1cccc(F)c1. The van der Waals surface area contributed by atoms with Crippen LogP contribution in [0.25, 0.3) is 22.0 Å². The molecule has 100 valence electrons. The van der Waals surface area contributed by atoms with E-state index in [1.54, 1.807) is 11.6 Å². The summed E-state index contributed by atoms with van der Waals surface area (Å²) in [5, 5.41) is 12.2. The molecule has 0 aliphatic carbocycles. The topological polar surface area (TPSA) is 78.9 Å². The number of thiazole rings is 1. The van der Waals surface area contributed by atoms with Gasteiger partial charge < -0.3 is 10.1 Å². The van der Waals surface area contributed by atoms with E-state index in [9.17, 15) is 14.3 Å². The first kappa shape index (κ1) is 12.5. The Morgan fingerprint density at radius 1 is 1.35 bits per heavy atom. The van der Waals surface area contributed by atoms with Crippen molar-refractivity contribution in [1.29, 1.82) is 0 Å². The van der Waals surface area contributed by atoms with Gasteiger partial charge in [-0.1, -0.05) is 12.1 Å². The molecule has 0 radical (unpaired) electrons. The molecule has 0 unspecified atom stereocenters. The Hall–Kier alpha value is -2.54. The number of nitrogens with one attached hydrogen (secondary N) is 1. The van der Waals surface area contributed by atoms with Gasteiger partial charge in [0, 0.05) is 11.6 Å². The van der Waals surface area contributed by atoms with Crippen LogP contribution in [0.1, 0.15) is 0 Å². The van der Waals surface area contributed by atoms with Gasteiger partial charge in [-0.2, -0.15) is 4.98 Å². The van der Waals surface area contributed by atoms with Gasteiger partial charge in [0.05, 0.1) is 0 Å². The molecular weight excluding hydrogens is 281 g/mol. The fraction of sp³-hybridized carbons (Fsp3) is 0. The van der Waals surface area contributed by atoms with Crippen LogP contribution in [0.2, 0.25) is 0 Å². The minimum Gasteiger partial charge on any atom is -0.493 e. The highest BCUT2D eigenvalue weighted by atomic mass is 32.1. The van der Waals surface area contributed by atoms with Crippen LogP contribution in [0.3, 0.4) is 0 Å². The Morgan fingerprint density at radius 3 is 2.85 bits per heavy atom. The summed E-state index contributed by atoms with van der Waals surface area (Å²) in [5.41, 5.74) is -0.347. The van der Waals surface area contributed by atoms with Gasteiger partial charge >= 0.3 is 0 Å². The van der Waals surface area contributed by atoms with Crippen molar-refractivity contribution in [2.45, 2.75) is 0 Å². The molecule has 0 saturated heterocycles. The number of rotatable bonds is 2. The van der Waals surface area contributed by atoms with E-state index < -0.39 is 17.3 Å². The monoisotopic (exact) mass is 289 g/mol. The van der Waals surface area contributed by atoms with Gasteiger partial charge in [0.25, 0.3) is 5.56 Å². The van der Waals surface area contributed by atoms with Crippen LogP contribution < -0.4 is 5.56 Å². The standard InChI is InChI=1S/C13H8FN3O2S/c14-8-3-1-2-7(6-8)9-11(18)16-10(17-12(9)19)13-15-4-5-20-13/h1-6H,(H2,16,17,18,19). The molecule has 0 aliphatic heterocycles. The lowest BCUT2D eigenvalue weighted by Gasteiger charge is -2.04. The lowest BCUT2D eigenvalue weighted by atomic mass is 10.1. The van der Waals surface area contributed by atoms with Crippen LogP contribution in [0.4, 0.5) is 4.39 Å². The Kier molecular flexibility index (Phi) is 3.03. The number of benzene rings is 1. The van der Waals surface area contributed by atoms with Crippen molar-refractivity contribution < 1.29 is 9.50 Å². The average Bonchev–Trinajstić information content (AvgIpc) is 2.91. The number of nitrogens with zero attached hydrogens (tertiary/aromatic N) is 2. The summed E-state index contributed by atoms with van der Waals surface area (Å²) >= 11 is 1.28. The number of aromatic hydroxyl groups is 1. The molecule has 0 fully saturated rings. The number of aromatic amines is 1. The smallest absolute Gasteiger partial charge is 0.263 e. The van der Waals surface area contributed by atoms with E-state index in [2.05, 4.69) is 15.0 Å². The number of aromatic nitrogens is 3. The van der Waals surface area contributed by atoms with E-state index in [-0.39, 0.29) is 17.0 Å². The molecule has 7 heteroatoms. The van der Waals surface area contributed by atoms with Crippen LogP contribution in [0, 0.1) is 5.82 Å². The number of hydrogen-bond acceptors (Lipinski definition) is 5. The van der Waals surface area contributed by atoms with Crippen molar-refractivity contribution in [3.63, 3.8) is 0 Å². The van der Waals surface area contributed by atoms with Crippen molar-refractivity contribution in [2.75, 3.05) is 0 Å². The quantitative estimate of drug-likeness (QED) is 0.759. The summed E-state index contributed by atoms with van der Waals surface area (Å²) in [4.78, 5) is 22.5. The summed E-state index contributed by atoms with van der Waals surface area (Å²) in [6.45, 7) is 0. The second-order valence-electron chi connectivity index (χ2n) is 3.96. The molecule has 5 nitrogen and oxygen atoms in total. The summed E-state index contributed by atoms with van der Waals surface area (Å²) in [7, 11) is 0. The minimum absolute atomic E-state index is 0.0650. The number of hydrogen-bond donors (Lipinski definition) is 2. The minimum atomic E-state index is -0.548. The van der Waals surface area contributed by atoms with Crippen molar-refractivity contribution in [3.8, 4) is 27.8 Å². The Bertz CT molecular complexity index is 815. The third-order valence-corrected chi connectivity index (χ3v) is 3.43. The van der Waals surface area contributed by atoms with Gasteiger partial charge in [-0.15, -0.1) is 11.3 Å². The van der Waals surface area contributed by atoms with E-state index in [1.807, 2.05) is 0 Å². The summed E-state index contributed by atoms with van der Waals surface area (Å²) in [6, 6.07) is 5.40. The fourth-order valence-corrected chi connectivity index (χ4v) is 2.39. The molecule has 3 rings (SSSR count). The lowest BCUT2D eigenvalue weighted by molar-refractivity contribution is 0.454. The third kappa shape index (κ3) is 2.19. The van der Waals surface area contributed by atoms with Gasteiger partial charge in [0.2, 0.25) is 5.88 Å². The molecular formula is C13H8FN3O2S. The first-order valence-corrected chi connectivity index (χ1v) is 6.52. The van der Waals surface area contributed by atoms with Crippen molar-refractivity contribution in [3.05, 3.63) is 52.0 Å². The predicted molar refractivity (Wildman–Crippen MR) is 73.0 cm³/mol. The molecule has 0 atom stereocenters. The van der Waals surface area contributed by atoms with E-state index in [4.69, 9.17) is 0 Å². The van der Waals surface area contributed by atoms with E-state index in [0.717, 1.165) is 6.07 Å². The van der Waals surface area contributed by atoms with Crippen LogP contribution in [0.5, 0.6) is 5.88 Å². The summed E-state index contributed by atoms with van der Waals surface area (Å²) in [6.07, 6.45) is 1.57. The van der Waals surface area contributed by atoms with Gasteiger partial charge in [0.1, 0.15) is 11.4 Å². The maximum Gasteiger partial charge on any atom is 0.263 e. The van der Waals surface area contributed by atoms with Crippen LogP contribution in [-0.2, 0) is 0 Å². The highest BCUT2D eigenvalue weighted by Crippen LogP contribution is 2.26. The van der Waals surface area contributed by atoms with E-state index in [0.29, 0.717) is 5.01 Å². The van der Waals surface area contributed by atoms with Crippen molar-refractivity contribution in [1.82, 2.24) is 15.0 Å². The average molecular weight is 289 g/mol. The van der Waals surface area contributed by atoms with Crippen LogP contribution in [-0.4, -0.2) is 20.1 Å². The largest absolute Gasteiger partial charge is 0.493 e. The highest BCUT2D eigenvalue weighted by molar-refractivity contribution is 7.12. The van der Waals surface area contributed by atoms with Gasteiger partial charge in [0.15, 0.2) is 10.8 Å². The molecule has 2 N–H and O–H groups in total. The lowest BCUT2D eigenvalue weighted by Crippen LogP contribution is -2.12. The van der Waals surface area contributed by atoms with Gasteiger partial charge in [-0.3, -0.25) is 4.79 Å². The maximum atomic E-state index is 13.2. The Morgan fingerprint density at radius 2 is 2.20 bits per heavy atom. The molecule has 1 aromatic carbocycles. The molecule has 2 aromatic heterocycles.